The number of hydrogen-bond acceptors (Lipinski definition) is 2. The van der Waals surface area contributed by atoms with Crippen LogP contribution in [0.2, 0.25) is 0 Å². The summed E-state index contributed by atoms with van der Waals surface area (Å²) in [6.07, 6.45) is 0.0328. The third kappa shape index (κ3) is 0.954. The molecule has 1 rings (SSSR count). The van der Waals surface area contributed by atoms with E-state index in [-0.39, 0.29) is 12.7 Å². The standard InChI is InChI=1S/C4H8O2/c1-5-2-4-3-6-4/h4H,2-3H2,1H3/i1D3. The Kier molecular flexibility index (Phi) is 0.474. The van der Waals surface area contributed by atoms with Crippen LogP contribution in [0.1, 0.15) is 4.11 Å². The molecule has 1 aliphatic heterocycles. The summed E-state index contributed by atoms with van der Waals surface area (Å²) in [5.74, 6) is 0. The van der Waals surface area contributed by atoms with Crippen molar-refractivity contribution in [1.82, 2.24) is 0 Å². The maximum absolute atomic E-state index is 6.61. The highest BCUT2D eigenvalue weighted by Crippen LogP contribution is 2.06. The number of methoxy groups -OCH3 is 1. The molecule has 1 fully saturated rings. The molecule has 36 valence electrons. The Morgan fingerprint density at radius 2 is 3.17 bits per heavy atom. The highest BCUT2D eigenvalue weighted by molar-refractivity contribution is 4.66. The molecule has 6 heavy (non-hydrogen) atoms. The molecule has 2 heteroatoms. The normalized spacial score (nSPS) is 40.0. The Morgan fingerprint density at radius 3 is 3.67 bits per heavy atom. The first-order valence-electron chi connectivity index (χ1n) is 3.33. The summed E-state index contributed by atoms with van der Waals surface area (Å²) in [5.41, 5.74) is 0. The summed E-state index contributed by atoms with van der Waals surface area (Å²) < 4.78 is 29.0. The van der Waals surface area contributed by atoms with Crippen LogP contribution in [-0.2, 0) is 9.47 Å². The van der Waals surface area contributed by atoms with Crippen molar-refractivity contribution in [1.29, 1.82) is 0 Å². The van der Waals surface area contributed by atoms with Gasteiger partial charge >= 0.3 is 0 Å². The number of ether oxygens (including phenoxy) is 2. The van der Waals surface area contributed by atoms with Crippen molar-refractivity contribution >= 4 is 0 Å². The largest absolute Gasteiger partial charge is 0.382 e. The molecule has 1 heterocycles. The highest BCUT2D eigenvalue weighted by atomic mass is 16.6. The summed E-state index contributed by atoms with van der Waals surface area (Å²) >= 11 is 0. The van der Waals surface area contributed by atoms with Gasteiger partial charge in [-0.15, -0.1) is 0 Å². The average molecular weight is 91.1 g/mol. The van der Waals surface area contributed by atoms with Crippen molar-refractivity contribution in [3.63, 3.8) is 0 Å². The van der Waals surface area contributed by atoms with Crippen LogP contribution < -0.4 is 0 Å². The van der Waals surface area contributed by atoms with Gasteiger partial charge in [0.25, 0.3) is 0 Å². The average Bonchev–Trinajstić information content (AvgIpc) is 2.38. The zero-order chi connectivity index (χ0) is 6.91. The molecule has 0 aromatic rings. The second-order valence-electron chi connectivity index (χ2n) is 1.27. The van der Waals surface area contributed by atoms with Crippen LogP contribution in [0.15, 0.2) is 0 Å². The van der Waals surface area contributed by atoms with E-state index in [2.05, 4.69) is 4.74 Å². The first-order chi connectivity index (χ1) is 4.08. The van der Waals surface area contributed by atoms with Crippen molar-refractivity contribution in [2.45, 2.75) is 6.10 Å². The lowest BCUT2D eigenvalue weighted by Gasteiger charge is -1.84. The minimum atomic E-state index is -2.26. The molecule has 1 aliphatic rings. The monoisotopic (exact) mass is 91.1 g/mol. The molecule has 0 aromatic heterocycles. The number of epoxide rings is 1. The summed E-state index contributed by atoms with van der Waals surface area (Å²) in [6, 6.07) is 0. The molecular formula is C4H8O2. The molecular weight excluding hydrogens is 80.0 g/mol. The lowest BCUT2D eigenvalue weighted by molar-refractivity contribution is 0.171. The number of rotatable bonds is 2. The van der Waals surface area contributed by atoms with E-state index in [1.54, 1.807) is 0 Å². The maximum Gasteiger partial charge on any atom is 0.104 e. The van der Waals surface area contributed by atoms with Crippen LogP contribution in [-0.4, -0.2) is 26.4 Å². The van der Waals surface area contributed by atoms with E-state index < -0.39 is 7.04 Å². The van der Waals surface area contributed by atoms with Crippen molar-refractivity contribution in [3.05, 3.63) is 0 Å². The first kappa shape index (κ1) is 1.80. The fourth-order valence-corrected chi connectivity index (χ4v) is 0.257. The Bertz CT molecular complexity index is 96.5. The van der Waals surface area contributed by atoms with Crippen molar-refractivity contribution in [2.24, 2.45) is 0 Å². The van der Waals surface area contributed by atoms with Gasteiger partial charge in [-0.05, 0) is 0 Å². The molecule has 0 bridgehead atoms. The van der Waals surface area contributed by atoms with Gasteiger partial charge in [0.05, 0.1) is 17.3 Å². The Morgan fingerprint density at radius 1 is 2.33 bits per heavy atom. The van der Waals surface area contributed by atoms with Crippen molar-refractivity contribution in [2.75, 3.05) is 20.3 Å². The topological polar surface area (TPSA) is 21.8 Å². The highest BCUT2D eigenvalue weighted by Gasteiger charge is 2.21. The van der Waals surface area contributed by atoms with E-state index in [0.717, 1.165) is 0 Å². The molecule has 0 aliphatic carbocycles. The summed E-state index contributed by atoms with van der Waals surface area (Å²) in [7, 11) is -2.26. The second-order valence-corrected chi connectivity index (χ2v) is 1.27. The summed E-state index contributed by atoms with van der Waals surface area (Å²) in [4.78, 5) is 0. The third-order valence-electron chi connectivity index (χ3n) is 0.672. The van der Waals surface area contributed by atoms with Gasteiger partial charge in [0.15, 0.2) is 0 Å². The second kappa shape index (κ2) is 1.58. The molecule has 0 spiro atoms. The van der Waals surface area contributed by atoms with Crippen LogP contribution in [0, 0.1) is 0 Å². The van der Waals surface area contributed by atoms with E-state index in [4.69, 9.17) is 8.85 Å². The molecule has 0 aromatic carbocycles. The van der Waals surface area contributed by atoms with Gasteiger partial charge in [-0.25, -0.2) is 0 Å². The van der Waals surface area contributed by atoms with Gasteiger partial charge in [0, 0.05) is 7.04 Å². The minimum absolute atomic E-state index is 0.0328. The van der Waals surface area contributed by atoms with Gasteiger partial charge in [-0.2, -0.15) is 0 Å². The zero-order valence-corrected chi connectivity index (χ0v) is 3.31. The van der Waals surface area contributed by atoms with Crippen LogP contribution in [0.4, 0.5) is 0 Å². The third-order valence-corrected chi connectivity index (χ3v) is 0.672. The van der Waals surface area contributed by atoms with Crippen LogP contribution in [0.25, 0.3) is 0 Å². The summed E-state index contributed by atoms with van der Waals surface area (Å²) in [5, 5.41) is 0. The lowest BCUT2D eigenvalue weighted by Crippen LogP contribution is -1.94. The van der Waals surface area contributed by atoms with Gasteiger partial charge in [-0.3, -0.25) is 0 Å². The van der Waals surface area contributed by atoms with E-state index >= 15 is 0 Å². The molecule has 1 unspecified atom stereocenters. The van der Waals surface area contributed by atoms with Crippen molar-refractivity contribution < 1.29 is 13.6 Å². The summed E-state index contributed by atoms with van der Waals surface area (Å²) in [6.45, 7) is 0.826. The quantitative estimate of drug-likeness (QED) is 0.447. The van der Waals surface area contributed by atoms with Gasteiger partial charge in [0.2, 0.25) is 0 Å². The maximum atomic E-state index is 6.61. The Balaban J connectivity index is 2.03. The smallest absolute Gasteiger partial charge is 0.104 e. The minimum Gasteiger partial charge on any atom is -0.382 e. The van der Waals surface area contributed by atoms with Gasteiger partial charge in [0.1, 0.15) is 6.10 Å². The Labute approximate surface area is 41.3 Å². The van der Waals surface area contributed by atoms with Gasteiger partial charge < -0.3 is 9.47 Å². The lowest BCUT2D eigenvalue weighted by atomic mass is 10.5. The predicted octanol–water partition coefficient (Wildman–Crippen LogP) is 0.0316. The SMILES string of the molecule is [2H]C([2H])([2H])OCC1CO1. The van der Waals surface area contributed by atoms with Crippen molar-refractivity contribution in [3.8, 4) is 0 Å². The molecule has 2 nitrogen and oxygen atoms in total. The molecule has 0 saturated carbocycles. The van der Waals surface area contributed by atoms with Crippen LogP contribution in [0.5, 0.6) is 0 Å². The molecule has 1 saturated heterocycles. The zero-order valence-electron chi connectivity index (χ0n) is 6.31. The molecule has 0 radical (unpaired) electrons. The van der Waals surface area contributed by atoms with Crippen LogP contribution in [0.3, 0.4) is 0 Å². The molecule has 0 N–H and O–H groups in total. The predicted molar refractivity (Wildman–Crippen MR) is 21.6 cm³/mol. The van der Waals surface area contributed by atoms with E-state index in [1.165, 1.54) is 0 Å². The van der Waals surface area contributed by atoms with E-state index in [9.17, 15) is 0 Å². The van der Waals surface area contributed by atoms with E-state index in [0.29, 0.717) is 6.61 Å². The van der Waals surface area contributed by atoms with E-state index in [1.807, 2.05) is 0 Å². The van der Waals surface area contributed by atoms with Gasteiger partial charge in [-0.1, -0.05) is 0 Å². The fraction of sp³-hybridized carbons (Fsp3) is 1.00. The fourth-order valence-electron chi connectivity index (χ4n) is 0.257. The molecule has 0 amide bonds. The Hall–Kier alpha value is -0.0800. The first-order valence-corrected chi connectivity index (χ1v) is 1.83. The van der Waals surface area contributed by atoms with Crippen LogP contribution >= 0.6 is 0 Å². The molecule has 1 atom stereocenters. The number of hydrogen-bond donors (Lipinski definition) is 0.